The van der Waals surface area contributed by atoms with Crippen LogP contribution in [0.5, 0.6) is 0 Å². The van der Waals surface area contributed by atoms with Gasteiger partial charge in [-0.25, -0.2) is 9.18 Å². The zero-order valence-corrected chi connectivity index (χ0v) is 23.9. The van der Waals surface area contributed by atoms with Crippen molar-refractivity contribution in [3.63, 3.8) is 0 Å². The summed E-state index contributed by atoms with van der Waals surface area (Å²) in [5, 5.41) is 2.96. The first kappa shape index (κ1) is 28.3. The Morgan fingerprint density at radius 2 is 1.76 bits per heavy atom. The third kappa shape index (κ3) is 5.30. The smallest absolute Gasteiger partial charge is 0.336 e. The predicted molar refractivity (Wildman–Crippen MR) is 157 cm³/mol. The van der Waals surface area contributed by atoms with Gasteiger partial charge in [-0.15, -0.1) is 0 Å². The van der Waals surface area contributed by atoms with Crippen LogP contribution in [0.15, 0.2) is 56.8 Å². The summed E-state index contributed by atoms with van der Waals surface area (Å²) in [4.78, 5) is 41.3. The van der Waals surface area contributed by atoms with Crippen LogP contribution in [0.25, 0.3) is 16.6 Å². The van der Waals surface area contributed by atoms with Gasteiger partial charge in [0.1, 0.15) is 17.0 Å². The molecule has 0 amide bonds. The molecule has 1 aliphatic carbocycles. The van der Waals surface area contributed by atoms with E-state index in [4.69, 9.17) is 0 Å². The molecule has 41 heavy (non-hydrogen) atoms. The van der Waals surface area contributed by atoms with E-state index >= 15 is 0 Å². The van der Waals surface area contributed by atoms with E-state index in [0.29, 0.717) is 24.8 Å². The number of benzene rings is 2. The topological polar surface area (TPSA) is 136 Å². The number of hydrogen-bond acceptors (Lipinski definition) is 6. The van der Waals surface area contributed by atoms with Crippen molar-refractivity contribution in [2.75, 3.05) is 16.6 Å². The number of rotatable bonds is 9. The van der Waals surface area contributed by atoms with Crippen LogP contribution in [0.1, 0.15) is 43.4 Å². The molecule has 5 rings (SSSR count). The van der Waals surface area contributed by atoms with E-state index in [9.17, 15) is 27.2 Å². The van der Waals surface area contributed by atoms with Crippen molar-refractivity contribution in [1.29, 1.82) is 0 Å². The maximum Gasteiger partial charge on any atom is 0.336 e. The Morgan fingerprint density at radius 1 is 1.02 bits per heavy atom. The number of anilines is 3. The molecule has 1 fully saturated rings. The first-order chi connectivity index (χ1) is 19.4. The molecule has 0 radical (unpaired) electrons. The van der Waals surface area contributed by atoms with Crippen LogP contribution >= 0.6 is 0 Å². The largest absolute Gasteiger partial charge is 0.338 e. The standard InChI is InChI=1S/C28H31FN6O5S/c1-5-13-30-41(39,40)32-18-7-6-8-20(15-18)34-24-17(3)26(36)33(4)25(31-22-12-9-16(2)14-21(22)29)23(24)27(37)35(28(34)38)19-10-11-19/h6-9,12,14-15,19,30-32H,5,10-11,13H2,1-4H3. The molecule has 4 aromatic rings. The Balaban J connectivity index is 1.81. The number of nitrogens with one attached hydrogen (secondary N) is 3. The average Bonchev–Trinajstić information content (AvgIpc) is 3.75. The number of aryl methyl sites for hydroxylation is 2. The first-order valence-electron chi connectivity index (χ1n) is 13.3. The molecule has 0 atom stereocenters. The lowest BCUT2D eigenvalue weighted by Crippen LogP contribution is -2.41. The van der Waals surface area contributed by atoms with Crippen LogP contribution in [0.3, 0.4) is 0 Å². The molecule has 13 heteroatoms. The molecule has 216 valence electrons. The fraction of sp³-hybridized carbons (Fsp3) is 0.321. The summed E-state index contributed by atoms with van der Waals surface area (Å²) in [6.07, 6.45) is 1.86. The molecule has 0 unspecified atom stereocenters. The molecule has 1 aliphatic rings. The lowest BCUT2D eigenvalue weighted by molar-refractivity contribution is 0.586. The number of fused-ring (bicyclic) bond motifs is 1. The second-order valence-electron chi connectivity index (χ2n) is 10.2. The van der Waals surface area contributed by atoms with Crippen LogP contribution < -0.4 is 31.6 Å². The van der Waals surface area contributed by atoms with Gasteiger partial charge in [-0.2, -0.15) is 13.1 Å². The molecular weight excluding hydrogens is 551 g/mol. The van der Waals surface area contributed by atoms with Gasteiger partial charge in [-0.1, -0.05) is 19.1 Å². The summed E-state index contributed by atoms with van der Waals surface area (Å²) in [6, 6.07) is 10.3. The minimum atomic E-state index is -3.88. The Hall–Kier alpha value is -4.23. The van der Waals surface area contributed by atoms with E-state index in [1.807, 2.05) is 6.92 Å². The van der Waals surface area contributed by atoms with Gasteiger partial charge in [0.15, 0.2) is 0 Å². The van der Waals surface area contributed by atoms with E-state index in [-0.39, 0.29) is 51.9 Å². The van der Waals surface area contributed by atoms with Crippen LogP contribution in [0.4, 0.5) is 21.6 Å². The van der Waals surface area contributed by atoms with Crippen molar-refractivity contribution in [2.45, 2.75) is 46.1 Å². The third-order valence-electron chi connectivity index (χ3n) is 7.03. The summed E-state index contributed by atoms with van der Waals surface area (Å²) in [5.74, 6) is -0.536. The van der Waals surface area contributed by atoms with E-state index in [2.05, 4.69) is 14.8 Å². The van der Waals surface area contributed by atoms with Crippen molar-refractivity contribution in [1.82, 2.24) is 18.4 Å². The van der Waals surface area contributed by atoms with Crippen molar-refractivity contribution in [2.24, 2.45) is 7.05 Å². The molecule has 3 N–H and O–H groups in total. The molecule has 2 aromatic carbocycles. The van der Waals surface area contributed by atoms with Gasteiger partial charge in [0.25, 0.3) is 21.3 Å². The average molecular weight is 583 g/mol. The number of pyridine rings is 1. The minimum absolute atomic E-state index is 0.0340. The second-order valence-corrected chi connectivity index (χ2v) is 11.7. The van der Waals surface area contributed by atoms with Crippen molar-refractivity contribution >= 4 is 38.3 Å². The molecule has 0 saturated heterocycles. The van der Waals surface area contributed by atoms with E-state index < -0.39 is 32.8 Å². The molecule has 0 aliphatic heterocycles. The quantitative estimate of drug-likeness (QED) is 0.277. The van der Waals surface area contributed by atoms with Crippen molar-refractivity contribution in [3.05, 3.63) is 90.6 Å². The van der Waals surface area contributed by atoms with Gasteiger partial charge in [0, 0.05) is 25.2 Å². The van der Waals surface area contributed by atoms with Crippen molar-refractivity contribution < 1.29 is 12.8 Å². The maximum atomic E-state index is 14.9. The second kappa shape index (κ2) is 10.6. The Morgan fingerprint density at radius 3 is 2.41 bits per heavy atom. The van der Waals surface area contributed by atoms with Crippen LogP contribution in [-0.4, -0.2) is 28.7 Å². The lowest BCUT2D eigenvalue weighted by Gasteiger charge is -2.21. The highest BCUT2D eigenvalue weighted by molar-refractivity contribution is 7.90. The molecule has 11 nitrogen and oxygen atoms in total. The zero-order valence-electron chi connectivity index (χ0n) is 23.1. The Labute approximate surface area is 235 Å². The number of nitrogens with zero attached hydrogens (tertiary/aromatic N) is 3. The SMILES string of the molecule is CCCNS(=O)(=O)Nc1cccc(-n2c(=O)n(C3CC3)c(=O)c3c(Nc4ccc(C)cc4F)n(C)c(=O)c(C)c32)c1. The number of aromatic nitrogens is 3. The monoisotopic (exact) mass is 582 g/mol. The van der Waals surface area contributed by atoms with Crippen molar-refractivity contribution in [3.8, 4) is 5.69 Å². The normalized spacial score (nSPS) is 13.5. The minimum Gasteiger partial charge on any atom is -0.338 e. The van der Waals surface area contributed by atoms with Gasteiger partial charge in [-0.3, -0.25) is 28.0 Å². The predicted octanol–water partition coefficient (Wildman–Crippen LogP) is 3.34. The number of halogens is 1. The molecular formula is C28H31FN6O5S. The summed E-state index contributed by atoms with van der Waals surface area (Å²) in [7, 11) is -2.41. The first-order valence-corrected chi connectivity index (χ1v) is 14.7. The molecule has 2 heterocycles. The summed E-state index contributed by atoms with van der Waals surface area (Å²) in [5.41, 5.74) is -0.390. The summed E-state index contributed by atoms with van der Waals surface area (Å²) in [6.45, 7) is 5.33. The summed E-state index contributed by atoms with van der Waals surface area (Å²) >= 11 is 0. The van der Waals surface area contributed by atoms with Gasteiger partial charge in [0.2, 0.25) is 0 Å². The fourth-order valence-electron chi connectivity index (χ4n) is 4.84. The number of hydrogen-bond donors (Lipinski definition) is 3. The van der Waals surface area contributed by atoms with Crippen LogP contribution in [0, 0.1) is 19.7 Å². The molecule has 0 bridgehead atoms. The Bertz CT molecular complexity index is 1980. The fourth-order valence-corrected chi connectivity index (χ4v) is 5.82. The Kier molecular flexibility index (Phi) is 7.34. The van der Waals surface area contributed by atoms with E-state index in [0.717, 1.165) is 4.57 Å². The summed E-state index contributed by atoms with van der Waals surface area (Å²) < 4.78 is 48.3. The van der Waals surface area contributed by atoms with Gasteiger partial charge < -0.3 is 5.32 Å². The van der Waals surface area contributed by atoms with Crippen LogP contribution in [-0.2, 0) is 17.3 Å². The highest BCUT2D eigenvalue weighted by atomic mass is 32.2. The maximum absolute atomic E-state index is 14.9. The van der Waals surface area contributed by atoms with Crippen LogP contribution in [0.2, 0.25) is 0 Å². The van der Waals surface area contributed by atoms with E-state index in [1.54, 1.807) is 25.1 Å². The van der Waals surface area contributed by atoms with Gasteiger partial charge >= 0.3 is 5.69 Å². The van der Waals surface area contributed by atoms with E-state index in [1.165, 1.54) is 47.4 Å². The highest BCUT2D eigenvalue weighted by Gasteiger charge is 2.31. The third-order valence-corrected chi connectivity index (χ3v) is 8.12. The van der Waals surface area contributed by atoms with Gasteiger partial charge in [0.05, 0.1) is 22.6 Å². The molecule has 0 spiro atoms. The molecule has 1 saturated carbocycles. The lowest BCUT2D eigenvalue weighted by atomic mass is 10.1. The zero-order chi connectivity index (χ0) is 29.6. The highest BCUT2D eigenvalue weighted by Crippen LogP contribution is 2.34. The van der Waals surface area contributed by atoms with Gasteiger partial charge in [-0.05, 0) is 69.0 Å². The molecule has 2 aromatic heterocycles.